The molecule has 2 atom stereocenters. The van der Waals surface area contributed by atoms with E-state index in [0.29, 0.717) is 11.8 Å². The maximum atomic E-state index is 5.27. The molecule has 4 aromatic rings. The fourth-order valence-electron chi connectivity index (χ4n) is 9.31. The van der Waals surface area contributed by atoms with Crippen molar-refractivity contribution in [2.24, 2.45) is 17.3 Å². The number of allylic oxidation sites excluding steroid dienone is 18. The highest BCUT2D eigenvalue weighted by atomic mass is 15.0. The lowest BCUT2D eigenvalue weighted by Crippen LogP contribution is -2.20. The Morgan fingerprint density at radius 1 is 0.686 bits per heavy atom. The Hall–Kier alpha value is -5.41. The lowest BCUT2D eigenvalue weighted by atomic mass is 9.69. The Labute approximate surface area is 300 Å². The van der Waals surface area contributed by atoms with Crippen molar-refractivity contribution in [3.05, 3.63) is 172 Å². The van der Waals surface area contributed by atoms with Crippen LogP contribution < -0.4 is 0 Å². The van der Waals surface area contributed by atoms with Gasteiger partial charge in [0.15, 0.2) is 17.5 Å². The van der Waals surface area contributed by atoms with E-state index in [1.807, 2.05) is 0 Å². The standard InChI is InChI=1S/C48H41N3/c1-48(2)41-21-10-9-20-40(41)44-42(48)29-34-16-7-8-19-39(34)43(44)35-17-11-18-36(28-35)45-49-46(37-24-22-30-12-3-5-14-32(30)26-37)51-47(50-45)38-25-23-31-13-4-6-15-33(31)27-38/h3-5,7-8,10-14,16-18,21-26,28-29,33,39H,6,9,15,19-20,27H2,1-2H3. The summed E-state index contributed by atoms with van der Waals surface area (Å²) in [6.07, 6.45) is 29.7. The third-order valence-electron chi connectivity index (χ3n) is 12.0. The number of hydrogen-bond acceptors (Lipinski definition) is 3. The van der Waals surface area contributed by atoms with Crippen LogP contribution in [0.4, 0.5) is 0 Å². The average Bonchev–Trinajstić information content (AvgIpc) is 3.41. The number of benzene rings is 3. The van der Waals surface area contributed by atoms with Crippen molar-refractivity contribution >= 4 is 21.9 Å². The molecule has 0 aliphatic heterocycles. The van der Waals surface area contributed by atoms with E-state index < -0.39 is 0 Å². The van der Waals surface area contributed by atoms with E-state index in [-0.39, 0.29) is 5.41 Å². The van der Waals surface area contributed by atoms with Gasteiger partial charge < -0.3 is 0 Å². The Kier molecular flexibility index (Phi) is 7.06. The van der Waals surface area contributed by atoms with Gasteiger partial charge in [-0.15, -0.1) is 0 Å². The topological polar surface area (TPSA) is 38.7 Å². The third-order valence-corrected chi connectivity index (χ3v) is 12.0. The molecular formula is C48H41N3. The van der Waals surface area contributed by atoms with Crippen LogP contribution in [0.5, 0.6) is 0 Å². The van der Waals surface area contributed by atoms with Crippen LogP contribution in [0.1, 0.15) is 63.8 Å². The smallest absolute Gasteiger partial charge is 0.164 e. The van der Waals surface area contributed by atoms with Gasteiger partial charge in [-0.25, -0.2) is 15.0 Å². The summed E-state index contributed by atoms with van der Waals surface area (Å²) in [6, 6.07) is 24.1. The summed E-state index contributed by atoms with van der Waals surface area (Å²) < 4.78 is 0. The molecule has 0 spiro atoms. The molecule has 10 rings (SSSR count). The SMILES string of the molecule is CC1(C)C2=CC3=CC=CCC3C(c3cccc(-c4nc(C5=CC=C6C=CCCC6C5)nc(-c5ccc6ccccc6c5)n4)c3)=C2C2=C1C=CCC2. The van der Waals surface area contributed by atoms with Gasteiger partial charge in [-0.2, -0.15) is 0 Å². The summed E-state index contributed by atoms with van der Waals surface area (Å²) in [6.45, 7) is 4.82. The van der Waals surface area contributed by atoms with E-state index in [0.717, 1.165) is 60.7 Å². The minimum atomic E-state index is -0.0224. The molecule has 6 aliphatic carbocycles. The first-order valence-corrected chi connectivity index (χ1v) is 18.7. The molecule has 0 bridgehead atoms. The molecule has 3 heteroatoms. The van der Waals surface area contributed by atoms with Crippen LogP contribution in [0.3, 0.4) is 0 Å². The number of nitrogens with zero attached hydrogens (tertiary/aromatic N) is 3. The number of hydrogen-bond donors (Lipinski definition) is 0. The monoisotopic (exact) mass is 659 g/mol. The molecule has 3 aromatic carbocycles. The van der Waals surface area contributed by atoms with Crippen molar-refractivity contribution in [1.29, 1.82) is 0 Å². The fraction of sp³-hybridized carbons (Fsp3) is 0.229. The van der Waals surface area contributed by atoms with E-state index in [2.05, 4.69) is 141 Å². The highest BCUT2D eigenvalue weighted by Crippen LogP contribution is 2.59. The Balaban J connectivity index is 1.14. The van der Waals surface area contributed by atoms with Gasteiger partial charge in [0.1, 0.15) is 0 Å². The Bertz CT molecular complexity index is 2450. The first kappa shape index (κ1) is 30.4. The quantitative estimate of drug-likeness (QED) is 0.219. The second-order valence-corrected chi connectivity index (χ2v) is 15.4. The summed E-state index contributed by atoms with van der Waals surface area (Å²) >= 11 is 0. The van der Waals surface area contributed by atoms with Crippen molar-refractivity contribution in [1.82, 2.24) is 15.0 Å². The van der Waals surface area contributed by atoms with Gasteiger partial charge >= 0.3 is 0 Å². The predicted octanol–water partition coefficient (Wildman–Crippen LogP) is 11.9. The maximum absolute atomic E-state index is 5.27. The fourth-order valence-corrected chi connectivity index (χ4v) is 9.31. The summed E-state index contributed by atoms with van der Waals surface area (Å²) in [5, 5.41) is 2.40. The van der Waals surface area contributed by atoms with Crippen LogP contribution in [0.25, 0.3) is 44.7 Å². The predicted molar refractivity (Wildman–Crippen MR) is 210 cm³/mol. The van der Waals surface area contributed by atoms with E-state index >= 15 is 0 Å². The number of aromatic nitrogens is 3. The van der Waals surface area contributed by atoms with E-state index in [9.17, 15) is 0 Å². The van der Waals surface area contributed by atoms with Crippen LogP contribution in [0, 0.1) is 17.3 Å². The minimum Gasteiger partial charge on any atom is -0.209 e. The molecule has 6 aliphatic rings. The molecule has 0 amide bonds. The van der Waals surface area contributed by atoms with Crippen LogP contribution >= 0.6 is 0 Å². The third kappa shape index (κ3) is 5.05. The second-order valence-electron chi connectivity index (χ2n) is 15.4. The summed E-state index contributed by atoms with van der Waals surface area (Å²) in [5.74, 6) is 3.08. The van der Waals surface area contributed by atoms with Gasteiger partial charge in [0, 0.05) is 22.5 Å². The van der Waals surface area contributed by atoms with Gasteiger partial charge in [0.05, 0.1) is 0 Å². The molecule has 0 saturated heterocycles. The second kappa shape index (κ2) is 11.8. The van der Waals surface area contributed by atoms with Gasteiger partial charge in [-0.1, -0.05) is 129 Å². The Morgan fingerprint density at radius 3 is 2.39 bits per heavy atom. The molecule has 51 heavy (non-hydrogen) atoms. The van der Waals surface area contributed by atoms with E-state index in [1.54, 1.807) is 0 Å². The van der Waals surface area contributed by atoms with Crippen molar-refractivity contribution in [3.8, 4) is 22.8 Å². The first-order chi connectivity index (χ1) is 25.0. The average molecular weight is 660 g/mol. The zero-order chi connectivity index (χ0) is 34.1. The maximum Gasteiger partial charge on any atom is 0.164 e. The van der Waals surface area contributed by atoms with E-state index in [1.165, 1.54) is 67.3 Å². The summed E-state index contributed by atoms with van der Waals surface area (Å²) in [7, 11) is 0. The van der Waals surface area contributed by atoms with Crippen LogP contribution in [-0.4, -0.2) is 15.0 Å². The lowest BCUT2D eigenvalue weighted by Gasteiger charge is -2.34. The molecule has 248 valence electrons. The van der Waals surface area contributed by atoms with Crippen LogP contribution in [-0.2, 0) is 0 Å². The molecule has 1 heterocycles. The molecular weight excluding hydrogens is 619 g/mol. The zero-order valence-corrected chi connectivity index (χ0v) is 29.4. The lowest BCUT2D eigenvalue weighted by molar-refractivity contribution is 0.571. The highest BCUT2D eigenvalue weighted by molar-refractivity contribution is 5.89. The van der Waals surface area contributed by atoms with Crippen LogP contribution in [0.15, 0.2) is 161 Å². The highest BCUT2D eigenvalue weighted by Gasteiger charge is 2.44. The largest absolute Gasteiger partial charge is 0.209 e. The zero-order valence-electron chi connectivity index (χ0n) is 29.4. The molecule has 0 saturated carbocycles. The normalized spacial score (nSPS) is 22.9. The van der Waals surface area contributed by atoms with Crippen molar-refractivity contribution in [2.75, 3.05) is 0 Å². The molecule has 2 unspecified atom stereocenters. The summed E-state index contributed by atoms with van der Waals surface area (Å²) in [4.78, 5) is 15.7. The summed E-state index contributed by atoms with van der Waals surface area (Å²) in [5.41, 5.74) is 14.8. The molecule has 0 N–H and O–H groups in total. The molecule has 0 radical (unpaired) electrons. The van der Waals surface area contributed by atoms with Gasteiger partial charge in [0.25, 0.3) is 0 Å². The molecule has 3 nitrogen and oxygen atoms in total. The number of fused-ring (bicyclic) bond motifs is 5. The van der Waals surface area contributed by atoms with Gasteiger partial charge in [-0.05, 0) is 117 Å². The molecule has 1 aromatic heterocycles. The van der Waals surface area contributed by atoms with Gasteiger partial charge in [-0.3, -0.25) is 0 Å². The Morgan fingerprint density at radius 2 is 1.49 bits per heavy atom. The van der Waals surface area contributed by atoms with E-state index in [4.69, 9.17) is 15.0 Å². The minimum absolute atomic E-state index is 0.0224. The first-order valence-electron chi connectivity index (χ1n) is 18.7. The van der Waals surface area contributed by atoms with Crippen LogP contribution in [0.2, 0.25) is 0 Å². The molecule has 0 fully saturated rings. The van der Waals surface area contributed by atoms with Gasteiger partial charge in [0.2, 0.25) is 0 Å². The van der Waals surface area contributed by atoms with Crippen molar-refractivity contribution in [2.45, 2.75) is 52.4 Å². The number of rotatable bonds is 4. The van der Waals surface area contributed by atoms with Crippen molar-refractivity contribution < 1.29 is 0 Å². The van der Waals surface area contributed by atoms with Crippen molar-refractivity contribution in [3.63, 3.8) is 0 Å².